The highest BCUT2D eigenvalue weighted by Crippen LogP contribution is 2.38. The number of benzene rings is 2. The Morgan fingerprint density at radius 2 is 1.37 bits per heavy atom. The van der Waals surface area contributed by atoms with Crippen molar-refractivity contribution in [3.05, 3.63) is 72.1 Å². The number of nitrogens with one attached hydrogen (secondary N) is 2. The summed E-state index contributed by atoms with van der Waals surface area (Å²) in [4.78, 5) is 50.1. The molecular formula is C42H51N5O4. The number of carbonyl (C=O) groups excluding carboxylic acids is 3. The molecule has 51 heavy (non-hydrogen) atoms. The van der Waals surface area contributed by atoms with Crippen molar-refractivity contribution in [1.29, 1.82) is 0 Å². The van der Waals surface area contributed by atoms with E-state index < -0.39 is 12.1 Å². The highest BCUT2D eigenvalue weighted by Gasteiger charge is 2.39. The number of amides is 3. The van der Waals surface area contributed by atoms with Gasteiger partial charge in [-0.05, 0) is 83.8 Å². The third-order valence-corrected chi connectivity index (χ3v) is 11.5. The van der Waals surface area contributed by atoms with Gasteiger partial charge in [-0.25, -0.2) is 4.79 Å². The summed E-state index contributed by atoms with van der Waals surface area (Å²) in [5, 5.41) is 5.96. The van der Waals surface area contributed by atoms with E-state index in [0.29, 0.717) is 18.9 Å². The van der Waals surface area contributed by atoms with Crippen molar-refractivity contribution in [2.24, 2.45) is 33.7 Å². The Morgan fingerprint density at radius 1 is 0.784 bits per heavy atom. The molecule has 4 atom stereocenters. The second-order valence-electron chi connectivity index (χ2n) is 15.3. The molecule has 2 aromatic rings. The number of carbonyl (C=O) groups is 3. The Bertz CT molecular complexity index is 1750. The molecule has 2 aliphatic carbocycles. The molecule has 1 unspecified atom stereocenters. The van der Waals surface area contributed by atoms with Crippen molar-refractivity contribution in [3.8, 4) is 11.1 Å². The van der Waals surface area contributed by atoms with Crippen molar-refractivity contribution >= 4 is 40.5 Å². The van der Waals surface area contributed by atoms with Crippen LogP contribution in [0.25, 0.3) is 22.3 Å². The van der Waals surface area contributed by atoms with Crippen LogP contribution in [0.1, 0.15) is 89.2 Å². The van der Waals surface area contributed by atoms with Gasteiger partial charge in [-0.2, -0.15) is 0 Å². The van der Waals surface area contributed by atoms with Crippen LogP contribution in [0, 0.1) is 23.7 Å². The Balaban J connectivity index is 0.934. The zero-order chi connectivity index (χ0) is 35.5. The Kier molecular flexibility index (Phi) is 10.5. The highest BCUT2D eigenvalue weighted by atomic mass is 16.5. The van der Waals surface area contributed by atoms with Crippen LogP contribution < -0.4 is 10.6 Å². The van der Waals surface area contributed by atoms with E-state index in [2.05, 4.69) is 59.2 Å². The maximum Gasteiger partial charge on any atom is 0.407 e. The smallest absolute Gasteiger partial charge is 0.407 e. The van der Waals surface area contributed by atoms with Crippen LogP contribution in [-0.4, -0.2) is 66.5 Å². The number of nitrogens with zero attached hydrogens (tertiary/aromatic N) is 3. The van der Waals surface area contributed by atoms with Gasteiger partial charge in [0.15, 0.2) is 0 Å². The lowest BCUT2D eigenvalue weighted by Crippen LogP contribution is -2.53. The predicted molar refractivity (Wildman–Crippen MR) is 202 cm³/mol. The van der Waals surface area contributed by atoms with Gasteiger partial charge in [-0.3, -0.25) is 19.6 Å². The first-order valence-corrected chi connectivity index (χ1v) is 18.9. The summed E-state index contributed by atoms with van der Waals surface area (Å²) in [5.41, 5.74) is 9.15. The van der Waals surface area contributed by atoms with Crippen LogP contribution in [0.2, 0.25) is 0 Å². The van der Waals surface area contributed by atoms with E-state index in [0.717, 1.165) is 73.0 Å². The molecule has 3 amide bonds. The summed E-state index contributed by atoms with van der Waals surface area (Å²) in [5.74, 6) is 1.07. The van der Waals surface area contributed by atoms with Crippen LogP contribution >= 0.6 is 0 Å². The molecule has 3 heterocycles. The van der Waals surface area contributed by atoms with Crippen LogP contribution in [0.4, 0.5) is 4.79 Å². The molecule has 2 saturated carbocycles. The number of allylic oxidation sites excluding steroid dienone is 2. The topological polar surface area (TPSA) is 112 Å². The normalized spacial score (nSPS) is 23.7. The van der Waals surface area contributed by atoms with Gasteiger partial charge in [0.25, 0.3) is 0 Å². The summed E-state index contributed by atoms with van der Waals surface area (Å²) in [6.45, 7) is 5.35. The fourth-order valence-electron chi connectivity index (χ4n) is 8.23. The molecule has 1 saturated heterocycles. The first kappa shape index (κ1) is 34.9. The van der Waals surface area contributed by atoms with Gasteiger partial charge < -0.3 is 20.3 Å². The van der Waals surface area contributed by atoms with E-state index in [9.17, 15) is 14.4 Å². The summed E-state index contributed by atoms with van der Waals surface area (Å²) < 4.78 is 4.77. The lowest BCUT2D eigenvalue weighted by Gasteiger charge is -2.31. The maximum absolute atomic E-state index is 13.5. The third-order valence-electron chi connectivity index (χ3n) is 11.5. The number of methoxy groups -OCH3 is 1. The van der Waals surface area contributed by atoms with Crippen LogP contribution in [0.3, 0.4) is 0 Å². The Labute approximate surface area is 301 Å². The minimum atomic E-state index is -0.639. The second kappa shape index (κ2) is 15.4. The van der Waals surface area contributed by atoms with E-state index >= 15 is 0 Å². The number of rotatable bonds is 11. The molecule has 2 N–H and O–H groups in total. The molecule has 2 aromatic carbocycles. The predicted octanol–water partition coefficient (Wildman–Crippen LogP) is 7.43. The van der Waals surface area contributed by atoms with E-state index in [1.165, 1.54) is 43.2 Å². The average Bonchev–Trinajstić information content (AvgIpc) is 3.51. The van der Waals surface area contributed by atoms with Crippen molar-refractivity contribution < 1.29 is 19.1 Å². The number of ether oxygens (including phenoxy) is 1. The van der Waals surface area contributed by atoms with Crippen molar-refractivity contribution in [2.45, 2.75) is 90.1 Å². The zero-order valence-corrected chi connectivity index (χ0v) is 30.2. The maximum atomic E-state index is 13.5. The lowest BCUT2D eigenvalue weighted by molar-refractivity contribution is -0.134. The van der Waals surface area contributed by atoms with E-state index in [1.807, 2.05) is 31.1 Å². The molecule has 5 aliphatic rings. The fourth-order valence-corrected chi connectivity index (χ4v) is 8.23. The Hall–Kier alpha value is -4.53. The molecular weight excluding hydrogens is 638 g/mol. The van der Waals surface area contributed by atoms with Crippen LogP contribution in [0.5, 0.6) is 0 Å². The average molecular weight is 690 g/mol. The van der Waals surface area contributed by atoms with Gasteiger partial charge in [0, 0.05) is 61.6 Å². The molecule has 0 spiro atoms. The molecule has 9 nitrogen and oxygen atoms in total. The summed E-state index contributed by atoms with van der Waals surface area (Å²) >= 11 is 0. The minimum Gasteiger partial charge on any atom is -0.453 e. The zero-order valence-electron chi connectivity index (χ0n) is 30.2. The largest absolute Gasteiger partial charge is 0.453 e. The number of aliphatic imine (C=N–C) groups is 2. The van der Waals surface area contributed by atoms with Crippen molar-refractivity contribution in [2.75, 3.05) is 20.2 Å². The van der Waals surface area contributed by atoms with Gasteiger partial charge >= 0.3 is 6.09 Å². The molecule has 7 rings (SSSR count). The summed E-state index contributed by atoms with van der Waals surface area (Å²) in [6, 6.07) is 16.7. The van der Waals surface area contributed by atoms with Gasteiger partial charge in [0.2, 0.25) is 11.8 Å². The molecule has 3 aliphatic heterocycles. The second-order valence-corrected chi connectivity index (χ2v) is 15.3. The minimum absolute atomic E-state index is 0.0495. The quantitative estimate of drug-likeness (QED) is 0.256. The van der Waals surface area contributed by atoms with Gasteiger partial charge in [-0.15, -0.1) is 0 Å². The van der Waals surface area contributed by atoms with E-state index in [1.54, 1.807) is 0 Å². The first-order valence-electron chi connectivity index (χ1n) is 18.9. The Morgan fingerprint density at radius 3 is 1.98 bits per heavy atom. The lowest BCUT2D eigenvalue weighted by atomic mass is 9.75. The standard InChI is InChI=1S/C42H51N5O4/c1-26(2)39(46-42(50)51-3)41(49)47-20-6-9-38(47)37-22-33(25-44-37)31-18-14-29(15-19-31)28-12-16-30(17-13-28)32-21-36(43-24-32)34-7-4-5-8-35(34)40(48)45-23-27-10-11-27/h12-19,24-27,34-35,38-39H,4-11,20-23H2,1-3H3,(H,45,48)(H,46,50)/t34?,35-,38+,39+/m1/s1. The van der Waals surface area contributed by atoms with E-state index in [4.69, 9.17) is 14.7 Å². The SMILES string of the molecule is COC(=O)N[C@H](C(=O)N1CCC[C@H]1C1=NC=C(c2ccc(-c3ccc(C4=CN=C(C5CCCC[C@H]5C(=O)NCC5CC5)C4)cc3)cc2)C1)C(C)C. The number of hydrogen-bond acceptors (Lipinski definition) is 6. The van der Waals surface area contributed by atoms with Crippen molar-refractivity contribution in [1.82, 2.24) is 15.5 Å². The van der Waals surface area contributed by atoms with Crippen molar-refractivity contribution in [3.63, 3.8) is 0 Å². The molecule has 0 bridgehead atoms. The van der Waals surface area contributed by atoms with Crippen LogP contribution in [-0.2, 0) is 14.3 Å². The fraction of sp³-hybridized carbons (Fsp3) is 0.500. The number of hydrogen-bond donors (Lipinski definition) is 2. The monoisotopic (exact) mass is 689 g/mol. The van der Waals surface area contributed by atoms with Gasteiger partial charge in [-0.1, -0.05) is 75.2 Å². The first-order chi connectivity index (χ1) is 24.8. The van der Waals surface area contributed by atoms with Crippen LogP contribution in [0.15, 0.2) is 70.9 Å². The number of alkyl carbamates (subject to hydrolysis) is 1. The third kappa shape index (κ3) is 7.87. The molecule has 0 aromatic heterocycles. The summed E-state index contributed by atoms with van der Waals surface area (Å²) in [6.07, 6.45) is 13.5. The molecule has 9 heteroatoms. The molecule has 0 radical (unpaired) electrons. The summed E-state index contributed by atoms with van der Waals surface area (Å²) in [7, 11) is 1.31. The van der Waals surface area contributed by atoms with E-state index in [-0.39, 0.29) is 35.6 Å². The number of likely N-dealkylation sites (tertiary alicyclic amines) is 1. The van der Waals surface area contributed by atoms with Gasteiger partial charge in [0.05, 0.1) is 13.2 Å². The highest BCUT2D eigenvalue weighted by molar-refractivity contribution is 6.04. The molecule has 268 valence electrons. The molecule has 3 fully saturated rings. The van der Waals surface area contributed by atoms with Gasteiger partial charge in [0.1, 0.15) is 6.04 Å².